The van der Waals surface area contributed by atoms with Crippen molar-refractivity contribution in [1.82, 2.24) is 15.0 Å². The summed E-state index contributed by atoms with van der Waals surface area (Å²) < 4.78 is 2.11. The summed E-state index contributed by atoms with van der Waals surface area (Å²) in [4.78, 5) is 0. The van der Waals surface area contributed by atoms with Crippen molar-refractivity contribution in [2.24, 2.45) is 16.7 Å². The summed E-state index contributed by atoms with van der Waals surface area (Å²) in [5, 5.41) is 8.83. The van der Waals surface area contributed by atoms with E-state index in [9.17, 15) is 0 Å². The van der Waals surface area contributed by atoms with Crippen molar-refractivity contribution < 1.29 is 0 Å². The molecule has 2 aromatic rings. The van der Waals surface area contributed by atoms with E-state index in [-0.39, 0.29) is 0 Å². The lowest BCUT2D eigenvalue weighted by molar-refractivity contribution is -0.0218. The fraction of sp³-hybridized carbons (Fsp3) is 0.619. The molecule has 1 aromatic carbocycles. The Morgan fingerprint density at radius 2 is 1.71 bits per heavy atom. The molecule has 0 unspecified atom stereocenters. The van der Waals surface area contributed by atoms with Crippen molar-refractivity contribution in [2.45, 2.75) is 66.3 Å². The molecule has 1 aromatic heterocycles. The van der Waals surface area contributed by atoms with Crippen LogP contribution in [0.3, 0.4) is 0 Å². The normalized spacial score (nSPS) is 25.2. The van der Waals surface area contributed by atoms with Crippen LogP contribution in [0.5, 0.6) is 0 Å². The third-order valence-electron chi connectivity index (χ3n) is 6.40. The van der Waals surface area contributed by atoms with Gasteiger partial charge in [0.1, 0.15) is 5.69 Å². The molecule has 130 valence electrons. The number of benzene rings is 1. The van der Waals surface area contributed by atoms with E-state index in [1.807, 2.05) is 6.07 Å². The van der Waals surface area contributed by atoms with Crippen LogP contribution in [-0.2, 0) is 0 Å². The second-order valence-electron chi connectivity index (χ2n) is 8.74. The highest BCUT2D eigenvalue weighted by Crippen LogP contribution is 2.55. The number of hydrogen-bond acceptors (Lipinski definition) is 2. The zero-order valence-corrected chi connectivity index (χ0v) is 15.8. The molecule has 0 saturated heterocycles. The fourth-order valence-corrected chi connectivity index (χ4v) is 4.77. The SMILES string of the molecule is CC(C)C1(C(C)(C)C)CCC(n2cc(-c3ccccc3)nn2)CC1. The second-order valence-corrected chi connectivity index (χ2v) is 8.74. The molecule has 3 rings (SSSR count). The number of rotatable bonds is 3. The van der Waals surface area contributed by atoms with Crippen molar-refractivity contribution in [3.8, 4) is 11.3 Å². The monoisotopic (exact) mass is 325 g/mol. The Morgan fingerprint density at radius 1 is 1.08 bits per heavy atom. The van der Waals surface area contributed by atoms with Gasteiger partial charge in [-0.05, 0) is 42.4 Å². The van der Waals surface area contributed by atoms with Gasteiger partial charge < -0.3 is 0 Å². The number of hydrogen-bond donors (Lipinski definition) is 0. The van der Waals surface area contributed by atoms with E-state index in [1.54, 1.807) is 0 Å². The van der Waals surface area contributed by atoms with Gasteiger partial charge >= 0.3 is 0 Å². The average Bonchev–Trinajstić information content (AvgIpc) is 3.04. The van der Waals surface area contributed by atoms with Crippen LogP contribution in [0.4, 0.5) is 0 Å². The van der Waals surface area contributed by atoms with Crippen LogP contribution in [0.25, 0.3) is 11.3 Å². The first kappa shape index (κ1) is 17.2. The van der Waals surface area contributed by atoms with E-state index < -0.39 is 0 Å². The molecule has 1 aliphatic rings. The van der Waals surface area contributed by atoms with Gasteiger partial charge in [-0.2, -0.15) is 0 Å². The molecule has 1 heterocycles. The lowest BCUT2D eigenvalue weighted by atomic mass is 9.54. The number of aromatic nitrogens is 3. The van der Waals surface area contributed by atoms with E-state index in [4.69, 9.17) is 0 Å². The summed E-state index contributed by atoms with van der Waals surface area (Å²) >= 11 is 0. The highest BCUT2D eigenvalue weighted by atomic mass is 15.4. The Balaban J connectivity index is 1.75. The minimum atomic E-state index is 0.351. The molecule has 0 bridgehead atoms. The van der Waals surface area contributed by atoms with Crippen molar-refractivity contribution in [2.75, 3.05) is 0 Å². The minimum absolute atomic E-state index is 0.351. The van der Waals surface area contributed by atoms with Gasteiger partial charge in [0.05, 0.1) is 12.2 Å². The molecule has 1 aliphatic carbocycles. The molecule has 0 atom stereocenters. The van der Waals surface area contributed by atoms with Crippen molar-refractivity contribution in [3.63, 3.8) is 0 Å². The molecule has 3 heteroatoms. The molecule has 0 amide bonds. The van der Waals surface area contributed by atoms with E-state index in [0.29, 0.717) is 22.8 Å². The zero-order chi connectivity index (χ0) is 17.4. The lowest BCUT2D eigenvalue weighted by Crippen LogP contribution is -2.43. The van der Waals surface area contributed by atoms with E-state index in [2.05, 4.69) is 80.1 Å². The van der Waals surface area contributed by atoms with Crippen LogP contribution < -0.4 is 0 Å². The fourth-order valence-electron chi connectivity index (χ4n) is 4.77. The van der Waals surface area contributed by atoms with Crippen LogP contribution in [0.2, 0.25) is 0 Å². The summed E-state index contributed by atoms with van der Waals surface area (Å²) in [6.45, 7) is 12.0. The highest BCUT2D eigenvalue weighted by molar-refractivity contribution is 5.57. The molecular weight excluding hydrogens is 294 g/mol. The summed E-state index contributed by atoms with van der Waals surface area (Å²) in [7, 11) is 0. The van der Waals surface area contributed by atoms with Crippen LogP contribution in [-0.4, -0.2) is 15.0 Å². The van der Waals surface area contributed by atoms with E-state index in [0.717, 1.165) is 11.3 Å². The third kappa shape index (κ3) is 3.01. The van der Waals surface area contributed by atoms with E-state index in [1.165, 1.54) is 25.7 Å². The molecule has 24 heavy (non-hydrogen) atoms. The largest absolute Gasteiger partial charge is 0.249 e. The van der Waals surface area contributed by atoms with Gasteiger partial charge in [0.25, 0.3) is 0 Å². The maximum Gasteiger partial charge on any atom is 0.113 e. The molecule has 0 spiro atoms. The molecule has 1 fully saturated rings. The van der Waals surface area contributed by atoms with E-state index >= 15 is 0 Å². The Morgan fingerprint density at radius 3 is 2.25 bits per heavy atom. The van der Waals surface area contributed by atoms with Crippen molar-refractivity contribution in [3.05, 3.63) is 36.5 Å². The molecule has 0 aliphatic heterocycles. The smallest absolute Gasteiger partial charge is 0.113 e. The Hall–Kier alpha value is -1.64. The number of nitrogens with zero attached hydrogens (tertiary/aromatic N) is 3. The second kappa shape index (κ2) is 6.34. The first-order valence-corrected chi connectivity index (χ1v) is 9.31. The minimum Gasteiger partial charge on any atom is -0.249 e. The van der Waals surface area contributed by atoms with Crippen LogP contribution in [0.1, 0.15) is 66.3 Å². The van der Waals surface area contributed by atoms with Gasteiger partial charge in [-0.25, -0.2) is 4.68 Å². The van der Waals surface area contributed by atoms with Crippen molar-refractivity contribution >= 4 is 0 Å². The summed E-state index contributed by atoms with van der Waals surface area (Å²) in [6, 6.07) is 10.8. The average molecular weight is 326 g/mol. The molecular formula is C21H31N3. The third-order valence-corrected chi connectivity index (χ3v) is 6.40. The zero-order valence-electron chi connectivity index (χ0n) is 15.8. The Labute approximate surface area is 146 Å². The Bertz CT molecular complexity index is 656. The summed E-state index contributed by atoms with van der Waals surface area (Å²) in [6.07, 6.45) is 7.08. The molecule has 1 saturated carbocycles. The van der Waals surface area contributed by atoms with Crippen LogP contribution >= 0.6 is 0 Å². The van der Waals surface area contributed by atoms with Gasteiger partial charge in [-0.3, -0.25) is 0 Å². The van der Waals surface area contributed by atoms with Crippen LogP contribution in [0, 0.1) is 16.7 Å². The molecule has 3 nitrogen and oxygen atoms in total. The molecule has 0 N–H and O–H groups in total. The quantitative estimate of drug-likeness (QED) is 0.719. The van der Waals surface area contributed by atoms with Gasteiger partial charge in [-0.15, -0.1) is 5.10 Å². The van der Waals surface area contributed by atoms with Crippen LogP contribution in [0.15, 0.2) is 36.5 Å². The predicted molar refractivity (Wildman–Crippen MR) is 99.7 cm³/mol. The predicted octanol–water partition coefficient (Wildman–Crippen LogP) is 5.75. The van der Waals surface area contributed by atoms with Gasteiger partial charge in [-0.1, -0.05) is 70.2 Å². The first-order chi connectivity index (χ1) is 11.3. The summed E-state index contributed by atoms with van der Waals surface area (Å²) in [5.74, 6) is 0.717. The maximum atomic E-state index is 4.44. The summed E-state index contributed by atoms with van der Waals surface area (Å²) in [5.41, 5.74) is 2.91. The Kier molecular flexibility index (Phi) is 4.54. The highest BCUT2D eigenvalue weighted by Gasteiger charge is 2.46. The van der Waals surface area contributed by atoms with Gasteiger partial charge in [0.2, 0.25) is 0 Å². The lowest BCUT2D eigenvalue weighted by Gasteiger charge is -2.52. The molecule has 0 radical (unpaired) electrons. The first-order valence-electron chi connectivity index (χ1n) is 9.31. The standard InChI is InChI=1S/C21H31N3/c1-16(2)21(20(3,4)5)13-11-18(12-14-21)24-15-19(22-23-24)17-9-7-6-8-10-17/h6-10,15-16,18H,11-14H2,1-5H3. The van der Waals surface area contributed by atoms with Gasteiger partial charge in [0, 0.05) is 5.56 Å². The maximum absolute atomic E-state index is 4.44. The topological polar surface area (TPSA) is 30.7 Å². The van der Waals surface area contributed by atoms with Gasteiger partial charge in [0.15, 0.2) is 0 Å². The van der Waals surface area contributed by atoms with Crippen molar-refractivity contribution in [1.29, 1.82) is 0 Å².